The van der Waals surface area contributed by atoms with Crippen molar-refractivity contribution in [3.63, 3.8) is 0 Å². The summed E-state index contributed by atoms with van der Waals surface area (Å²) in [6.45, 7) is 0.266. The van der Waals surface area contributed by atoms with Gasteiger partial charge in [0.15, 0.2) is 5.15 Å². The molecule has 0 atom stereocenters. The minimum absolute atomic E-state index is 0.266. The fourth-order valence-electron chi connectivity index (χ4n) is 1.53. The summed E-state index contributed by atoms with van der Waals surface area (Å²) in [4.78, 5) is 0. The van der Waals surface area contributed by atoms with Gasteiger partial charge < -0.3 is 4.74 Å². The molecule has 0 N–H and O–H groups in total. The van der Waals surface area contributed by atoms with Crippen LogP contribution in [0.25, 0.3) is 5.69 Å². The summed E-state index contributed by atoms with van der Waals surface area (Å²) in [5.41, 5.74) is 1.72. The maximum absolute atomic E-state index is 9.04. The lowest BCUT2D eigenvalue weighted by molar-refractivity contribution is 0.181. The molecule has 5 heteroatoms. The molecule has 0 aliphatic heterocycles. The minimum atomic E-state index is 0.266. The molecule has 4 nitrogen and oxygen atoms in total. The van der Waals surface area contributed by atoms with Crippen LogP contribution in [0.4, 0.5) is 0 Å². The molecule has 1 aromatic heterocycles. The Labute approximate surface area is 104 Å². The molecular formula is C12H10ClN3O. The molecule has 1 heterocycles. The van der Waals surface area contributed by atoms with Crippen molar-refractivity contribution in [3.05, 3.63) is 46.7 Å². The van der Waals surface area contributed by atoms with Gasteiger partial charge >= 0.3 is 0 Å². The molecule has 2 aromatic rings. The number of nitriles is 1. The van der Waals surface area contributed by atoms with Crippen molar-refractivity contribution in [1.29, 1.82) is 5.26 Å². The molecule has 0 aliphatic rings. The lowest BCUT2D eigenvalue weighted by atomic mass is 10.3. The third-order valence-corrected chi connectivity index (χ3v) is 2.64. The van der Waals surface area contributed by atoms with Crippen LogP contribution >= 0.6 is 11.6 Å². The van der Waals surface area contributed by atoms with Crippen molar-refractivity contribution in [2.45, 2.75) is 6.61 Å². The average molecular weight is 248 g/mol. The van der Waals surface area contributed by atoms with E-state index in [4.69, 9.17) is 21.6 Å². The van der Waals surface area contributed by atoms with Gasteiger partial charge in [0.25, 0.3) is 0 Å². The van der Waals surface area contributed by atoms with Crippen molar-refractivity contribution in [3.8, 4) is 11.8 Å². The molecule has 86 valence electrons. The van der Waals surface area contributed by atoms with Crippen molar-refractivity contribution in [2.75, 3.05) is 7.11 Å². The maximum atomic E-state index is 9.04. The van der Waals surface area contributed by atoms with E-state index in [2.05, 4.69) is 5.10 Å². The summed E-state index contributed by atoms with van der Waals surface area (Å²) in [6.07, 6.45) is 0. The van der Waals surface area contributed by atoms with Crippen LogP contribution in [0, 0.1) is 11.3 Å². The molecule has 1 aromatic carbocycles. The van der Waals surface area contributed by atoms with Crippen LogP contribution in [-0.2, 0) is 11.3 Å². The van der Waals surface area contributed by atoms with Gasteiger partial charge in [0.1, 0.15) is 17.3 Å². The number of hydrogen-bond acceptors (Lipinski definition) is 3. The van der Waals surface area contributed by atoms with Gasteiger partial charge in [0.05, 0.1) is 12.3 Å². The third kappa shape index (κ3) is 2.16. The van der Waals surface area contributed by atoms with Gasteiger partial charge in [-0.2, -0.15) is 10.4 Å². The van der Waals surface area contributed by atoms with Crippen LogP contribution in [0.15, 0.2) is 30.3 Å². The summed E-state index contributed by atoms with van der Waals surface area (Å²) in [5.74, 6) is 0. The Balaban J connectivity index is 2.54. The molecule has 0 amide bonds. The standard InChI is InChI=1S/C12H10ClN3O/c1-17-8-11-10(7-14)12(13)16(15-11)9-5-3-2-4-6-9/h2-6H,8H2,1H3. The summed E-state index contributed by atoms with van der Waals surface area (Å²) in [5, 5.41) is 13.6. The molecule has 0 fully saturated rings. The second-order valence-electron chi connectivity index (χ2n) is 3.40. The maximum Gasteiger partial charge on any atom is 0.151 e. The molecule has 0 saturated heterocycles. The number of hydrogen-bond donors (Lipinski definition) is 0. The summed E-state index contributed by atoms with van der Waals surface area (Å²) < 4.78 is 6.53. The Morgan fingerprint density at radius 1 is 1.41 bits per heavy atom. The van der Waals surface area contributed by atoms with E-state index >= 15 is 0 Å². The Hall–Kier alpha value is -1.83. The minimum Gasteiger partial charge on any atom is -0.378 e. The first kappa shape index (κ1) is 11.6. The largest absolute Gasteiger partial charge is 0.378 e. The second kappa shape index (κ2) is 5.00. The van der Waals surface area contributed by atoms with Crippen LogP contribution in [0.5, 0.6) is 0 Å². The van der Waals surface area contributed by atoms with Crippen molar-refractivity contribution in [1.82, 2.24) is 9.78 Å². The Kier molecular flexibility index (Phi) is 3.43. The molecule has 2 rings (SSSR count). The highest BCUT2D eigenvalue weighted by Gasteiger charge is 2.16. The highest BCUT2D eigenvalue weighted by molar-refractivity contribution is 6.31. The molecule has 0 aliphatic carbocycles. The third-order valence-electron chi connectivity index (χ3n) is 2.30. The van der Waals surface area contributed by atoms with E-state index in [1.807, 2.05) is 36.4 Å². The summed E-state index contributed by atoms with van der Waals surface area (Å²) in [6, 6.07) is 11.5. The zero-order valence-corrected chi connectivity index (χ0v) is 9.98. The van der Waals surface area contributed by atoms with E-state index in [0.717, 1.165) is 5.69 Å². The smallest absolute Gasteiger partial charge is 0.151 e. The zero-order chi connectivity index (χ0) is 12.3. The first-order valence-electron chi connectivity index (χ1n) is 4.99. The molecular weight excluding hydrogens is 238 g/mol. The van der Waals surface area contributed by atoms with Crippen molar-refractivity contribution >= 4 is 11.6 Å². The van der Waals surface area contributed by atoms with Crippen molar-refractivity contribution < 1.29 is 4.74 Å². The number of halogens is 1. The lowest BCUT2D eigenvalue weighted by Crippen LogP contribution is -1.97. The second-order valence-corrected chi connectivity index (χ2v) is 3.76. The van der Waals surface area contributed by atoms with E-state index in [1.165, 1.54) is 4.68 Å². The quantitative estimate of drug-likeness (QED) is 0.838. The van der Waals surface area contributed by atoms with E-state index < -0.39 is 0 Å². The van der Waals surface area contributed by atoms with Crippen molar-refractivity contribution in [2.24, 2.45) is 0 Å². The van der Waals surface area contributed by atoms with Gasteiger partial charge in [-0.3, -0.25) is 0 Å². The Bertz CT molecular complexity index is 557. The number of ether oxygens (including phenoxy) is 1. The Morgan fingerprint density at radius 3 is 2.71 bits per heavy atom. The van der Waals surface area contributed by atoms with E-state index in [1.54, 1.807) is 7.11 Å². The summed E-state index contributed by atoms with van der Waals surface area (Å²) in [7, 11) is 1.55. The number of para-hydroxylation sites is 1. The van der Waals surface area contributed by atoms with Crippen LogP contribution in [0.2, 0.25) is 5.15 Å². The molecule has 0 saturated carbocycles. The predicted octanol–water partition coefficient (Wildman–Crippen LogP) is 2.54. The number of benzene rings is 1. The number of methoxy groups -OCH3 is 1. The molecule has 0 spiro atoms. The predicted molar refractivity (Wildman–Crippen MR) is 64.0 cm³/mol. The fraction of sp³-hybridized carbons (Fsp3) is 0.167. The first-order valence-corrected chi connectivity index (χ1v) is 5.37. The first-order chi connectivity index (χ1) is 8.27. The SMILES string of the molecule is COCc1nn(-c2ccccc2)c(Cl)c1C#N. The monoisotopic (exact) mass is 247 g/mol. The van der Waals surface area contributed by atoms with E-state index in [-0.39, 0.29) is 6.61 Å². The number of nitrogens with zero attached hydrogens (tertiary/aromatic N) is 3. The molecule has 0 radical (unpaired) electrons. The van der Waals surface area contributed by atoms with Crippen LogP contribution < -0.4 is 0 Å². The van der Waals surface area contributed by atoms with Gasteiger partial charge in [-0.25, -0.2) is 4.68 Å². The topological polar surface area (TPSA) is 50.8 Å². The highest BCUT2D eigenvalue weighted by Crippen LogP contribution is 2.23. The highest BCUT2D eigenvalue weighted by atomic mass is 35.5. The number of aromatic nitrogens is 2. The fourth-order valence-corrected chi connectivity index (χ4v) is 1.81. The molecule has 17 heavy (non-hydrogen) atoms. The average Bonchev–Trinajstić information content (AvgIpc) is 2.67. The van der Waals surface area contributed by atoms with Gasteiger partial charge in [0, 0.05) is 7.11 Å². The zero-order valence-electron chi connectivity index (χ0n) is 9.22. The summed E-state index contributed by atoms with van der Waals surface area (Å²) >= 11 is 6.12. The molecule has 0 unspecified atom stereocenters. The van der Waals surface area contributed by atoms with Crippen LogP contribution in [-0.4, -0.2) is 16.9 Å². The van der Waals surface area contributed by atoms with Crippen LogP contribution in [0.3, 0.4) is 0 Å². The van der Waals surface area contributed by atoms with Gasteiger partial charge in [-0.05, 0) is 12.1 Å². The lowest BCUT2D eigenvalue weighted by Gasteiger charge is -2.01. The normalized spacial score (nSPS) is 10.2. The molecule has 0 bridgehead atoms. The van der Waals surface area contributed by atoms with Gasteiger partial charge in [-0.15, -0.1) is 0 Å². The van der Waals surface area contributed by atoms with E-state index in [9.17, 15) is 0 Å². The Morgan fingerprint density at radius 2 is 2.12 bits per heavy atom. The number of rotatable bonds is 3. The van der Waals surface area contributed by atoms with E-state index in [0.29, 0.717) is 16.4 Å². The van der Waals surface area contributed by atoms with Gasteiger partial charge in [0.2, 0.25) is 0 Å². The van der Waals surface area contributed by atoms with Crippen LogP contribution in [0.1, 0.15) is 11.3 Å². The van der Waals surface area contributed by atoms with Gasteiger partial charge in [-0.1, -0.05) is 29.8 Å².